The second kappa shape index (κ2) is 8.41. The first-order valence-electron chi connectivity index (χ1n) is 10.8. The van der Waals surface area contributed by atoms with Crippen LogP contribution in [0, 0.1) is 26.6 Å². The maximum absolute atomic E-state index is 13.7. The lowest BCUT2D eigenvalue weighted by Crippen LogP contribution is -2.29. The molecule has 5 nitrogen and oxygen atoms in total. The van der Waals surface area contributed by atoms with Gasteiger partial charge in [-0.3, -0.25) is 4.98 Å². The Hall–Kier alpha value is -3.58. The molecule has 166 valence electrons. The van der Waals surface area contributed by atoms with Gasteiger partial charge in [0.15, 0.2) is 5.11 Å². The zero-order chi connectivity index (χ0) is 23.1. The standard InChI is InChI=1S/C26H24FN5S/c1-16-11-13-29-23(14-16)31-17(2)15-21(18(31)3)25-24(22-6-4-5-12-28-22)30-26(33)32(25)20-9-7-19(27)8-10-20/h4-15,24-25H,1-3H3,(H,30,33)/t24-,25-/m0/s1. The highest BCUT2D eigenvalue weighted by Gasteiger charge is 2.42. The topological polar surface area (TPSA) is 46.0 Å². The van der Waals surface area contributed by atoms with Crippen LogP contribution in [0.4, 0.5) is 10.1 Å². The molecule has 1 saturated heterocycles. The van der Waals surface area contributed by atoms with Crippen molar-refractivity contribution in [2.75, 3.05) is 4.90 Å². The largest absolute Gasteiger partial charge is 0.351 e. The minimum atomic E-state index is -0.279. The van der Waals surface area contributed by atoms with Crippen LogP contribution in [0.2, 0.25) is 0 Å². The number of thiocarbonyl (C=S) groups is 1. The zero-order valence-electron chi connectivity index (χ0n) is 18.7. The normalized spacial score (nSPS) is 17.9. The maximum atomic E-state index is 13.7. The summed E-state index contributed by atoms with van der Waals surface area (Å²) in [6.07, 6.45) is 3.62. The van der Waals surface area contributed by atoms with Crippen molar-refractivity contribution in [3.63, 3.8) is 0 Å². The maximum Gasteiger partial charge on any atom is 0.174 e. The van der Waals surface area contributed by atoms with Crippen molar-refractivity contribution >= 4 is 23.0 Å². The molecule has 0 unspecified atom stereocenters. The molecule has 1 aliphatic heterocycles. The Morgan fingerprint density at radius 1 is 0.939 bits per heavy atom. The summed E-state index contributed by atoms with van der Waals surface area (Å²) in [5.41, 5.74) is 6.15. The molecule has 0 bridgehead atoms. The van der Waals surface area contributed by atoms with Gasteiger partial charge < -0.3 is 14.8 Å². The molecule has 1 N–H and O–H groups in total. The summed E-state index contributed by atoms with van der Waals surface area (Å²) in [5, 5.41) is 4.05. The van der Waals surface area contributed by atoms with Crippen molar-refractivity contribution in [2.45, 2.75) is 32.9 Å². The minimum absolute atomic E-state index is 0.164. The van der Waals surface area contributed by atoms with E-state index in [4.69, 9.17) is 12.2 Å². The van der Waals surface area contributed by atoms with Gasteiger partial charge in [0, 0.05) is 29.5 Å². The van der Waals surface area contributed by atoms with Crippen LogP contribution in [-0.2, 0) is 0 Å². The predicted octanol–water partition coefficient (Wildman–Crippen LogP) is 5.51. The van der Waals surface area contributed by atoms with Gasteiger partial charge in [-0.1, -0.05) is 6.07 Å². The molecule has 1 fully saturated rings. The molecule has 0 amide bonds. The average molecular weight is 458 g/mol. The summed E-state index contributed by atoms with van der Waals surface area (Å²) in [6, 6.07) is 18.3. The van der Waals surface area contributed by atoms with E-state index in [9.17, 15) is 4.39 Å². The van der Waals surface area contributed by atoms with E-state index in [-0.39, 0.29) is 17.9 Å². The van der Waals surface area contributed by atoms with E-state index in [1.165, 1.54) is 12.1 Å². The lowest BCUT2D eigenvalue weighted by atomic mass is 9.96. The van der Waals surface area contributed by atoms with E-state index in [0.717, 1.165) is 39.7 Å². The molecule has 7 heteroatoms. The summed E-state index contributed by atoms with van der Waals surface area (Å²) < 4.78 is 15.9. The van der Waals surface area contributed by atoms with Crippen LogP contribution in [0.3, 0.4) is 0 Å². The molecule has 0 aliphatic carbocycles. The molecule has 33 heavy (non-hydrogen) atoms. The fourth-order valence-electron chi connectivity index (χ4n) is 4.63. The molecule has 3 aromatic heterocycles. The Labute approximate surface area is 197 Å². The van der Waals surface area contributed by atoms with Crippen LogP contribution >= 0.6 is 12.2 Å². The van der Waals surface area contributed by atoms with Crippen molar-refractivity contribution in [1.82, 2.24) is 19.9 Å². The number of nitrogens with one attached hydrogen (secondary N) is 1. The predicted molar refractivity (Wildman–Crippen MR) is 132 cm³/mol. The Bertz CT molecular complexity index is 1320. The molecule has 4 aromatic rings. The first-order chi connectivity index (χ1) is 15.9. The minimum Gasteiger partial charge on any atom is -0.351 e. The zero-order valence-corrected chi connectivity index (χ0v) is 19.5. The van der Waals surface area contributed by atoms with E-state index >= 15 is 0 Å². The number of aryl methyl sites for hydroxylation is 2. The third-order valence-electron chi connectivity index (χ3n) is 6.12. The quantitative estimate of drug-likeness (QED) is 0.410. The average Bonchev–Trinajstić information content (AvgIpc) is 3.30. The van der Waals surface area contributed by atoms with Gasteiger partial charge in [-0.15, -0.1) is 0 Å². The number of nitrogens with zero attached hydrogens (tertiary/aromatic N) is 4. The molecule has 1 aromatic carbocycles. The third kappa shape index (κ3) is 3.78. The molecule has 2 atom stereocenters. The van der Waals surface area contributed by atoms with Crippen LogP contribution in [0.15, 0.2) is 73.1 Å². The molecule has 0 spiro atoms. The molecular weight excluding hydrogens is 433 g/mol. The molecule has 1 aliphatic rings. The van der Waals surface area contributed by atoms with Gasteiger partial charge >= 0.3 is 0 Å². The number of hydrogen-bond acceptors (Lipinski definition) is 3. The van der Waals surface area contributed by atoms with Gasteiger partial charge in [0.25, 0.3) is 0 Å². The van der Waals surface area contributed by atoms with Crippen LogP contribution < -0.4 is 10.2 Å². The summed E-state index contributed by atoms with van der Waals surface area (Å²) >= 11 is 5.78. The second-order valence-corrected chi connectivity index (χ2v) is 8.71. The monoisotopic (exact) mass is 457 g/mol. The lowest BCUT2D eigenvalue weighted by Gasteiger charge is -2.28. The molecule has 0 radical (unpaired) electrons. The van der Waals surface area contributed by atoms with Gasteiger partial charge in [-0.2, -0.15) is 0 Å². The smallest absolute Gasteiger partial charge is 0.174 e. The molecule has 0 saturated carbocycles. The number of halogens is 1. The first-order valence-corrected chi connectivity index (χ1v) is 11.2. The number of pyridine rings is 2. The van der Waals surface area contributed by atoms with Crippen molar-refractivity contribution in [3.05, 3.63) is 107 Å². The lowest BCUT2D eigenvalue weighted by molar-refractivity contribution is 0.565. The fraction of sp³-hybridized carbons (Fsp3) is 0.192. The number of anilines is 1. The highest BCUT2D eigenvalue weighted by atomic mass is 32.1. The van der Waals surface area contributed by atoms with Crippen molar-refractivity contribution in [3.8, 4) is 5.82 Å². The molecule has 5 rings (SSSR count). The van der Waals surface area contributed by atoms with Gasteiger partial charge in [-0.25, -0.2) is 9.37 Å². The Morgan fingerprint density at radius 3 is 2.42 bits per heavy atom. The molecular formula is C26H24FN5S. The van der Waals surface area contributed by atoms with Crippen molar-refractivity contribution < 1.29 is 4.39 Å². The van der Waals surface area contributed by atoms with E-state index in [2.05, 4.69) is 57.7 Å². The number of hydrogen-bond donors (Lipinski definition) is 1. The van der Waals surface area contributed by atoms with Crippen molar-refractivity contribution in [1.29, 1.82) is 0 Å². The summed E-state index contributed by atoms with van der Waals surface area (Å²) in [6.45, 7) is 6.25. The van der Waals surface area contributed by atoms with Crippen LogP contribution in [0.1, 0.15) is 40.3 Å². The number of rotatable bonds is 4. The van der Waals surface area contributed by atoms with Crippen LogP contribution in [0.25, 0.3) is 5.82 Å². The van der Waals surface area contributed by atoms with Crippen LogP contribution in [-0.4, -0.2) is 19.6 Å². The summed E-state index contributed by atoms with van der Waals surface area (Å²) in [7, 11) is 0. The Balaban J connectivity index is 1.68. The first kappa shape index (κ1) is 21.3. The van der Waals surface area contributed by atoms with Crippen LogP contribution in [0.5, 0.6) is 0 Å². The van der Waals surface area contributed by atoms with E-state index in [1.54, 1.807) is 18.3 Å². The van der Waals surface area contributed by atoms with Crippen molar-refractivity contribution in [2.24, 2.45) is 0 Å². The highest BCUT2D eigenvalue weighted by molar-refractivity contribution is 7.80. The van der Waals surface area contributed by atoms with Gasteiger partial charge in [0.1, 0.15) is 11.6 Å². The Kier molecular flexibility index (Phi) is 5.42. The summed E-state index contributed by atoms with van der Waals surface area (Å²) in [5.74, 6) is 0.603. The molecule has 4 heterocycles. The highest BCUT2D eigenvalue weighted by Crippen LogP contribution is 2.43. The van der Waals surface area contributed by atoms with E-state index in [0.29, 0.717) is 5.11 Å². The number of aromatic nitrogens is 3. The summed E-state index contributed by atoms with van der Waals surface area (Å²) in [4.78, 5) is 11.3. The second-order valence-electron chi connectivity index (χ2n) is 8.33. The third-order valence-corrected chi connectivity index (χ3v) is 6.44. The Morgan fingerprint density at radius 2 is 1.73 bits per heavy atom. The fourth-order valence-corrected chi connectivity index (χ4v) is 4.98. The number of benzene rings is 1. The van der Waals surface area contributed by atoms with E-state index in [1.807, 2.05) is 30.5 Å². The van der Waals surface area contributed by atoms with Gasteiger partial charge in [0.2, 0.25) is 0 Å². The SMILES string of the molecule is Cc1ccnc(-n2c(C)cc([C@H]3[C@H](c4ccccn4)NC(=S)N3c3ccc(F)cc3)c2C)c1. The van der Waals surface area contributed by atoms with Gasteiger partial charge in [0.05, 0.1) is 17.8 Å². The van der Waals surface area contributed by atoms with Gasteiger partial charge in [-0.05, 0) is 98.7 Å². The van der Waals surface area contributed by atoms with E-state index < -0.39 is 0 Å².